The highest BCUT2D eigenvalue weighted by Crippen LogP contribution is 2.33. The summed E-state index contributed by atoms with van der Waals surface area (Å²) in [6, 6.07) is 0. The van der Waals surface area contributed by atoms with E-state index in [4.69, 9.17) is 4.74 Å². The SMILES string of the molecule is CCOC(=O)CCCCCC[C@H]1C(=O)CC[C@H]1C=CC(C)=O. The van der Waals surface area contributed by atoms with Gasteiger partial charge in [0.25, 0.3) is 0 Å². The average molecular weight is 308 g/mol. The van der Waals surface area contributed by atoms with Gasteiger partial charge in [-0.25, -0.2) is 0 Å². The Morgan fingerprint density at radius 2 is 1.95 bits per heavy atom. The fourth-order valence-electron chi connectivity index (χ4n) is 3.02. The first kappa shape index (κ1) is 18.6. The van der Waals surface area contributed by atoms with Crippen LogP contribution in [-0.2, 0) is 19.1 Å². The van der Waals surface area contributed by atoms with Crippen molar-refractivity contribution in [3.8, 4) is 0 Å². The molecule has 0 unspecified atom stereocenters. The number of allylic oxidation sites excluding steroid dienone is 2. The van der Waals surface area contributed by atoms with E-state index < -0.39 is 0 Å². The monoisotopic (exact) mass is 308 g/mol. The molecule has 0 aliphatic heterocycles. The van der Waals surface area contributed by atoms with Crippen molar-refractivity contribution in [2.45, 2.75) is 65.2 Å². The number of hydrogen-bond acceptors (Lipinski definition) is 4. The molecular formula is C18H28O4. The van der Waals surface area contributed by atoms with Gasteiger partial charge in [-0.3, -0.25) is 14.4 Å². The van der Waals surface area contributed by atoms with E-state index in [0.29, 0.717) is 25.2 Å². The van der Waals surface area contributed by atoms with Gasteiger partial charge >= 0.3 is 5.97 Å². The normalized spacial score (nSPS) is 21.5. The van der Waals surface area contributed by atoms with E-state index >= 15 is 0 Å². The molecule has 0 heterocycles. The van der Waals surface area contributed by atoms with Crippen LogP contribution in [0.25, 0.3) is 0 Å². The van der Waals surface area contributed by atoms with Gasteiger partial charge in [-0.2, -0.15) is 0 Å². The molecule has 0 radical (unpaired) electrons. The Hall–Kier alpha value is -1.45. The van der Waals surface area contributed by atoms with Crippen molar-refractivity contribution in [3.05, 3.63) is 12.2 Å². The molecule has 4 heteroatoms. The van der Waals surface area contributed by atoms with Crippen LogP contribution in [0.3, 0.4) is 0 Å². The van der Waals surface area contributed by atoms with Crippen LogP contribution in [0, 0.1) is 11.8 Å². The minimum absolute atomic E-state index is 0.0389. The minimum atomic E-state index is -0.122. The molecule has 0 saturated heterocycles. The summed E-state index contributed by atoms with van der Waals surface area (Å²) >= 11 is 0. The lowest BCUT2D eigenvalue weighted by Gasteiger charge is -2.14. The highest BCUT2D eigenvalue weighted by Gasteiger charge is 2.32. The average Bonchev–Trinajstić information content (AvgIpc) is 2.81. The Bertz CT molecular complexity index is 411. The fraction of sp³-hybridized carbons (Fsp3) is 0.722. The maximum atomic E-state index is 11.9. The first-order chi connectivity index (χ1) is 10.5. The third-order valence-corrected chi connectivity index (χ3v) is 4.18. The fourth-order valence-corrected chi connectivity index (χ4v) is 3.02. The number of hydrogen-bond donors (Lipinski definition) is 0. The van der Waals surface area contributed by atoms with Crippen LogP contribution >= 0.6 is 0 Å². The van der Waals surface area contributed by atoms with Crippen molar-refractivity contribution in [1.29, 1.82) is 0 Å². The summed E-state index contributed by atoms with van der Waals surface area (Å²) in [5.74, 6) is 0.571. The van der Waals surface area contributed by atoms with E-state index in [2.05, 4.69) is 0 Å². The molecule has 1 aliphatic rings. The number of ketones is 2. The van der Waals surface area contributed by atoms with Crippen molar-refractivity contribution >= 4 is 17.5 Å². The highest BCUT2D eigenvalue weighted by atomic mass is 16.5. The van der Waals surface area contributed by atoms with Gasteiger partial charge in [-0.1, -0.05) is 25.3 Å². The Morgan fingerprint density at radius 1 is 1.23 bits per heavy atom. The van der Waals surface area contributed by atoms with Crippen molar-refractivity contribution in [2.24, 2.45) is 11.8 Å². The number of ether oxygens (including phenoxy) is 1. The summed E-state index contributed by atoms with van der Waals surface area (Å²) in [5, 5.41) is 0. The molecule has 1 fully saturated rings. The minimum Gasteiger partial charge on any atom is -0.466 e. The van der Waals surface area contributed by atoms with Gasteiger partial charge in [0.05, 0.1) is 6.61 Å². The third-order valence-electron chi connectivity index (χ3n) is 4.18. The lowest BCUT2D eigenvalue weighted by atomic mass is 9.89. The van der Waals surface area contributed by atoms with Crippen LogP contribution in [0.4, 0.5) is 0 Å². The molecule has 0 bridgehead atoms. The van der Waals surface area contributed by atoms with Gasteiger partial charge in [-0.15, -0.1) is 0 Å². The number of Topliss-reactive ketones (excluding diaryl/α,β-unsaturated/α-hetero) is 1. The predicted octanol–water partition coefficient (Wildman–Crippen LogP) is 3.63. The molecule has 0 amide bonds. The number of esters is 1. The van der Waals surface area contributed by atoms with E-state index in [-0.39, 0.29) is 23.6 Å². The zero-order valence-corrected chi connectivity index (χ0v) is 13.8. The number of carbonyl (C=O) groups excluding carboxylic acids is 3. The molecule has 2 atom stereocenters. The third kappa shape index (κ3) is 7.01. The topological polar surface area (TPSA) is 60.4 Å². The molecule has 1 saturated carbocycles. The van der Waals surface area contributed by atoms with Gasteiger partial charge in [0.15, 0.2) is 5.78 Å². The largest absolute Gasteiger partial charge is 0.466 e. The van der Waals surface area contributed by atoms with E-state index in [0.717, 1.165) is 38.5 Å². The first-order valence-corrected chi connectivity index (χ1v) is 8.41. The predicted molar refractivity (Wildman–Crippen MR) is 85.4 cm³/mol. The Kier molecular flexibility index (Phi) is 8.71. The second kappa shape index (κ2) is 10.3. The molecule has 22 heavy (non-hydrogen) atoms. The van der Waals surface area contributed by atoms with Crippen LogP contribution in [0.15, 0.2) is 12.2 Å². The smallest absolute Gasteiger partial charge is 0.305 e. The van der Waals surface area contributed by atoms with Gasteiger partial charge in [0.2, 0.25) is 0 Å². The molecular weight excluding hydrogens is 280 g/mol. The Balaban J connectivity index is 2.20. The lowest BCUT2D eigenvalue weighted by molar-refractivity contribution is -0.143. The van der Waals surface area contributed by atoms with Crippen molar-refractivity contribution in [1.82, 2.24) is 0 Å². The van der Waals surface area contributed by atoms with Crippen molar-refractivity contribution in [2.75, 3.05) is 6.61 Å². The van der Waals surface area contributed by atoms with E-state index in [9.17, 15) is 14.4 Å². The van der Waals surface area contributed by atoms with Crippen LogP contribution < -0.4 is 0 Å². The quantitative estimate of drug-likeness (QED) is 0.351. The number of rotatable bonds is 10. The molecule has 0 aromatic carbocycles. The van der Waals surface area contributed by atoms with Crippen molar-refractivity contribution in [3.63, 3.8) is 0 Å². The zero-order chi connectivity index (χ0) is 16.4. The molecule has 1 aliphatic carbocycles. The molecule has 0 spiro atoms. The van der Waals surface area contributed by atoms with Crippen LogP contribution in [0.5, 0.6) is 0 Å². The van der Waals surface area contributed by atoms with Gasteiger partial charge in [0.1, 0.15) is 5.78 Å². The molecule has 1 rings (SSSR count). The van der Waals surface area contributed by atoms with Gasteiger partial charge < -0.3 is 4.74 Å². The summed E-state index contributed by atoms with van der Waals surface area (Å²) in [6.45, 7) is 3.79. The molecule has 4 nitrogen and oxygen atoms in total. The van der Waals surface area contributed by atoms with Gasteiger partial charge in [0, 0.05) is 18.8 Å². The van der Waals surface area contributed by atoms with E-state index in [1.165, 1.54) is 6.92 Å². The molecule has 0 aromatic rings. The van der Waals surface area contributed by atoms with Crippen LogP contribution in [0.1, 0.15) is 65.2 Å². The number of unbranched alkanes of at least 4 members (excludes halogenated alkanes) is 3. The summed E-state index contributed by atoms with van der Waals surface area (Å²) in [7, 11) is 0. The first-order valence-electron chi connectivity index (χ1n) is 8.41. The standard InChI is InChI=1S/C18H28O4/c1-3-22-18(21)9-7-5-4-6-8-16-15(11-10-14(2)19)12-13-17(16)20/h10-11,15-16H,3-9,12-13H2,1-2H3/t15-,16-/m1/s1. The molecule has 0 N–H and O–H groups in total. The highest BCUT2D eigenvalue weighted by molar-refractivity contribution is 5.88. The summed E-state index contributed by atoms with van der Waals surface area (Å²) in [5.41, 5.74) is 0. The van der Waals surface area contributed by atoms with Gasteiger partial charge in [-0.05, 0) is 45.1 Å². The summed E-state index contributed by atoms with van der Waals surface area (Å²) in [6.07, 6.45) is 10.3. The second-order valence-electron chi connectivity index (χ2n) is 6.00. The molecule has 0 aromatic heterocycles. The Morgan fingerprint density at radius 3 is 2.64 bits per heavy atom. The summed E-state index contributed by atoms with van der Waals surface area (Å²) in [4.78, 5) is 34.1. The zero-order valence-electron chi connectivity index (χ0n) is 13.8. The number of carbonyl (C=O) groups is 3. The summed E-state index contributed by atoms with van der Waals surface area (Å²) < 4.78 is 4.89. The maximum Gasteiger partial charge on any atom is 0.305 e. The van der Waals surface area contributed by atoms with E-state index in [1.807, 2.05) is 13.0 Å². The molecule has 124 valence electrons. The second-order valence-corrected chi connectivity index (χ2v) is 6.00. The maximum absolute atomic E-state index is 11.9. The van der Waals surface area contributed by atoms with E-state index in [1.54, 1.807) is 6.08 Å². The lowest BCUT2D eigenvalue weighted by Crippen LogP contribution is -2.13. The van der Waals surface area contributed by atoms with Crippen LogP contribution in [0.2, 0.25) is 0 Å². The Labute approximate surface area is 133 Å². The van der Waals surface area contributed by atoms with Crippen LogP contribution in [-0.4, -0.2) is 24.1 Å². The van der Waals surface area contributed by atoms with Crippen molar-refractivity contribution < 1.29 is 19.1 Å².